The van der Waals surface area contributed by atoms with Gasteiger partial charge in [-0.15, -0.1) is 0 Å². The van der Waals surface area contributed by atoms with Crippen LogP contribution in [-0.2, 0) is 24.6 Å². The van der Waals surface area contributed by atoms with Gasteiger partial charge in [-0.25, -0.2) is 0 Å². The molecule has 0 aromatic carbocycles. The fourth-order valence-electron chi connectivity index (χ4n) is 0.927. The van der Waals surface area contributed by atoms with Crippen LogP contribution in [-0.4, -0.2) is 16.9 Å². The van der Waals surface area contributed by atoms with Gasteiger partial charge >= 0.3 is 6.18 Å². The number of hydrogen-bond acceptors (Lipinski definition) is 2. The van der Waals surface area contributed by atoms with E-state index in [1.54, 1.807) is 0 Å². The van der Waals surface area contributed by atoms with E-state index in [-0.39, 0.29) is 6.61 Å². The molecule has 0 aliphatic heterocycles. The molecule has 0 spiro atoms. The molecule has 0 saturated carbocycles. The van der Waals surface area contributed by atoms with E-state index in [0.29, 0.717) is 5.69 Å². The Hall–Kier alpha value is -1.04. The summed E-state index contributed by atoms with van der Waals surface area (Å²) in [5.74, 6) is 0. The van der Waals surface area contributed by atoms with E-state index in [4.69, 9.17) is 4.74 Å². The largest absolute Gasteiger partial charge is 0.435 e. The molecule has 0 unspecified atom stereocenters. The number of hydrogen-bond donors (Lipinski definition) is 0. The standard InChI is InChI=1S/C7H9F3N2O/c1-12-5(4-13-2)3-6(11-12)7(8,9)10/h3H,4H2,1-2H3. The molecule has 0 N–H and O–H groups in total. The van der Waals surface area contributed by atoms with Gasteiger partial charge in [-0.3, -0.25) is 4.68 Å². The molecule has 1 aromatic heterocycles. The minimum atomic E-state index is -4.39. The van der Waals surface area contributed by atoms with Crippen molar-refractivity contribution in [2.75, 3.05) is 7.11 Å². The first kappa shape index (κ1) is 10.0. The summed E-state index contributed by atoms with van der Waals surface area (Å²) in [6, 6.07) is 0.976. The third kappa shape index (κ3) is 2.21. The molecule has 3 nitrogen and oxygen atoms in total. The first-order valence-corrected chi connectivity index (χ1v) is 3.54. The van der Waals surface area contributed by atoms with Crippen LogP contribution in [0.4, 0.5) is 13.2 Å². The highest BCUT2D eigenvalue weighted by atomic mass is 19.4. The second-order valence-corrected chi connectivity index (χ2v) is 2.58. The van der Waals surface area contributed by atoms with E-state index >= 15 is 0 Å². The Labute approximate surface area is 73.1 Å². The molecule has 0 atom stereocenters. The average molecular weight is 194 g/mol. The third-order valence-electron chi connectivity index (χ3n) is 1.56. The molecule has 0 aliphatic rings. The maximum atomic E-state index is 12.1. The fourth-order valence-corrected chi connectivity index (χ4v) is 0.927. The summed E-state index contributed by atoms with van der Waals surface area (Å²) in [6.07, 6.45) is -4.39. The highest BCUT2D eigenvalue weighted by molar-refractivity contribution is 5.12. The predicted octanol–water partition coefficient (Wildman–Crippen LogP) is 1.59. The van der Waals surface area contributed by atoms with Crippen LogP contribution in [0.15, 0.2) is 6.07 Å². The van der Waals surface area contributed by atoms with Gasteiger partial charge in [0.1, 0.15) is 0 Å². The van der Waals surface area contributed by atoms with Gasteiger partial charge in [0.25, 0.3) is 0 Å². The molecule has 0 radical (unpaired) electrons. The van der Waals surface area contributed by atoms with Gasteiger partial charge in [0.05, 0.1) is 12.3 Å². The summed E-state index contributed by atoms with van der Waals surface area (Å²) < 4.78 is 42.2. The maximum absolute atomic E-state index is 12.1. The first-order valence-electron chi connectivity index (χ1n) is 3.54. The molecule has 1 rings (SSSR count). The first-order chi connectivity index (χ1) is 5.95. The van der Waals surface area contributed by atoms with Crippen molar-refractivity contribution in [3.63, 3.8) is 0 Å². The molecule has 0 fully saturated rings. The third-order valence-corrected chi connectivity index (χ3v) is 1.56. The summed E-state index contributed by atoms with van der Waals surface area (Å²) in [6.45, 7) is 0.125. The van der Waals surface area contributed by atoms with Gasteiger partial charge in [0.15, 0.2) is 5.69 Å². The molecule has 74 valence electrons. The van der Waals surface area contributed by atoms with Crippen LogP contribution in [0.2, 0.25) is 0 Å². The van der Waals surface area contributed by atoms with Crippen molar-refractivity contribution < 1.29 is 17.9 Å². The van der Waals surface area contributed by atoms with Crippen molar-refractivity contribution in [1.29, 1.82) is 0 Å². The molecule has 0 saturated heterocycles. The Kier molecular flexibility index (Phi) is 2.60. The predicted molar refractivity (Wildman–Crippen MR) is 38.9 cm³/mol. The molecule has 0 amide bonds. The smallest absolute Gasteiger partial charge is 0.378 e. The number of aryl methyl sites for hydroxylation is 1. The number of ether oxygens (including phenoxy) is 1. The van der Waals surface area contributed by atoms with Crippen molar-refractivity contribution in [2.24, 2.45) is 7.05 Å². The van der Waals surface area contributed by atoms with E-state index in [2.05, 4.69) is 5.10 Å². The Balaban J connectivity index is 2.95. The SMILES string of the molecule is COCc1cc(C(F)(F)F)nn1C. The molecule has 13 heavy (non-hydrogen) atoms. The highest BCUT2D eigenvalue weighted by Gasteiger charge is 2.34. The normalized spacial score (nSPS) is 12.1. The number of methoxy groups -OCH3 is 1. The van der Waals surface area contributed by atoms with Crippen molar-refractivity contribution >= 4 is 0 Å². The zero-order valence-corrected chi connectivity index (χ0v) is 7.22. The summed E-state index contributed by atoms with van der Waals surface area (Å²) >= 11 is 0. The van der Waals surface area contributed by atoms with Crippen LogP contribution in [0, 0.1) is 0 Å². The van der Waals surface area contributed by atoms with Crippen LogP contribution in [0.1, 0.15) is 11.4 Å². The van der Waals surface area contributed by atoms with E-state index in [1.165, 1.54) is 14.2 Å². The van der Waals surface area contributed by atoms with Gasteiger partial charge in [0, 0.05) is 14.2 Å². The topological polar surface area (TPSA) is 27.1 Å². The second kappa shape index (κ2) is 3.37. The Bertz CT molecular complexity index is 292. The number of nitrogens with zero attached hydrogens (tertiary/aromatic N) is 2. The van der Waals surface area contributed by atoms with E-state index < -0.39 is 11.9 Å². The fraction of sp³-hybridized carbons (Fsp3) is 0.571. The highest BCUT2D eigenvalue weighted by Crippen LogP contribution is 2.28. The summed E-state index contributed by atoms with van der Waals surface area (Å²) in [5, 5.41) is 3.31. The van der Waals surface area contributed by atoms with Gasteiger partial charge in [-0.05, 0) is 6.07 Å². The molecule has 1 heterocycles. The Morgan fingerprint density at radius 2 is 2.15 bits per heavy atom. The Morgan fingerprint density at radius 1 is 1.54 bits per heavy atom. The lowest BCUT2D eigenvalue weighted by Crippen LogP contribution is -2.06. The van der Waals surface area contributed by atoms with Gasteiger partial charge in [-0.1, -0.05) is 0 Å². The average Bonchev–Trinajstić information content (AvgIpc) is 2.32. The van der Waals surface area contributed by atoms with Crippen molar-refractivity contribution in [1.82, 2.24) is 9.78 Å². The summed E-state index contributed by atoms with van der Waals surface area (Å²) in [7, 11) is 2.86. The molecule has 1 aromatic rings. The van der Waals surface area contributed by atoms with Crippen LogP contribution in [0.25, 0.3) is 0 Å². The van der Waals surface area contributed by atoms with E-state index in [1.807, 2.05) is 0 Å². The molecular formula is C7H9F3N2O. The molecular weight excluding hydrogens is 185 g/mol. The Morgan fingerprint density at radius 3 is 2.54 bits per heavy atom. The van der Waals surface area contributed by atoms with Gasteiger partial charge < -0.3 is 4.74 Å². The van der Waals surface area contributed by atoms with Crippen LogP contribution in [0.3, 0.4) is 0 Å². The van der Waals surface area contributed by atoms with Crippen molar-refractivity contribution in [2.45, 2.75) is 12.8 Å². The quantitative estimate of drug-likeness (QED) is 0.714. The zero-order chi connectivity index (χ0) is 10.1. The monoisotopic (exact) mass is 194 g/mol. The minimum absolute atomic E-state index is 0.125. The van der Waals surface area contributed by atoms with E-state index in [0.717, 1.165) is 10.7 Å². The molecule has 6 heteroatoms. The second-order valence-electron chi connectivity index (χ2n) is 2.58. The van der Waals surface area contributed by atoms with Crippen molar-refractivity contribution in [3.8, 4) is 0 Å². The number of aromatic nitrogens is 2. The lowest BCUT2D eigenvalue weighted by molar-refractivity contribution is -0.141. The lowest BCUT2D eigenvalue weighted by Gasteiger charge is -1.99. The van der Waals surface area contributed by atoms with Gasteiger partial charge in [-0.2, -0.15) is 18.3 Å². The zero-order valence-electron chi connectivity index (χ0n) is 7.22. The molecule has 0 aliphatic carbocycles. The minimum Gasteiger partial charge on any atom is -0.378 e. The summed E-state index contributed by atoms with van der Waals surface area (Å²) in [4.78, 5) is 0. The van der Waals surface area contributed by atoms with E-state index in [9.17, 15) is 13.2 Å². The maximum Gasteiger partial charge on any atom is 0.435 e. The lowest BCUT2D eigenvalue weighted by atomic mass is 10.3. The molecule has 0 bridgehead atoms. The van der Waals surface area contributed by atoms with Crippen LogP contribution < -0.4 is 0 Å². The van der Waals surface area contributed by atoms with Crippen LogP contribution >= 0.6 is 0 Å². The number of rotatable bonds is 2. The van der Waals surface area contributed by atoms with Crippen molar-refractivity contribution in [3.05, 3.63) is 17.5 Å². The number of alkyl halides is 3. The van der Waals surface area contributed by atoms with Gasteiger partial charge in [0.2, 0.25) is 0 Å². The summed E-state index contributed by atoms with van der Waals surface area (Å²) in [5.41, 5.74) is -0.489. The van der Waals surface area contributed by atoms with Crippen LogP contribution in [0.5, 0.6) is 0 Å². The number of halogens is 3.